The molecule has 0 aliphatic carbocycles. The summed E-state index contributed by atoms with van der Waals surface area (Å²) in [6, 6.07) is 19.1. The number of piperidine rings is 1. The van der Waals surface area contributed by atoms with Crippen molar-refractivity contribution >= 4 is 5.69 Å². The van der Waals surface area contributed by atoms with E-state index in [4.69, 9.17) is 0 Å². The molecule has 2 aromatic rings. The normalized spacial score (nSPS) is 16.4. The highest BCUT2D eigenvalue weighted by Gasteiger charge is 2.15. The average molecular weight is 309 g/mol. The lowest BCUT2D eigenvalue weighted by molar-refractivity contribution is 0.185. The van der Waals surface area contributed by atoms with Crippen LogP contribution in [0.25, 0.3) is 0 Å². The van der Waals surface area contributed by atoms with E-state index in [9.17, 15) is 0 Å². The molecule has 0 saturated carbocycles. The monoisotopic (exact) mass is 309 g/mol. The summed E-state index contributed by atoms with van der Waals surface area (Å²) in [6.45, 7) is 6.75. The minimum absolute atomic E-state index is 0.816. The quantitative estimate of drug-likeness (QED) is 0.789. The van der Waals surface area contributed by atoms with Crippen LogP contribution in [0, 0.1) is 5.92 Å². The summed E-state index contributed by atoms with van der Waals surface area (Å²) >= 11 is 0. The van der Waals surface area contributed by atoms with Crippen LogP contribution in [0.5, 0.6) is 0 Å². The Morgan fingerprint density at radius 2 is 1.57 bits per heavy atom. The van der Waals surface area contributed by atoms with Crippen LogP contribution in [0.4, 0.5) is 5.69 Å². The second-order valence-corrected chi connectivity index (χ2v) is 6.62. The van der Waals surface area contributed by atoms with E-state index in [1.54, 1.807) is 0 Å². The van der Waals surface area contributed by atoms with Gasteiger partial charge in [0, 0.05) is 18.8 Å². The summed E-state index contributed by atoms with van der Waals surface area (Å²) < 4.78 is 0. The van der Waals surface area contributed by atoms with Crippen LogP contribution in [0.15, 0.2) is 54.6 Å². The van der Waals surface area contributed by atoms with Crippen LogP contribution >= 0.6 is 0 Å². The van der Waals surface area contributed by atoms with Gasteiger partial charge >= 0.3 is 0 Å². The third-order valence-corrected chi connectivity index (χ3v) is 4.60. The molecule has 3 nitrogen and oxygen atoms in total. The minimum Gasteiger partial charge on any atom is -0.321 e. The van der Waals surface area contributed by atoms with Gasteiger partial charge in [-0.25, -0.2) is 5.43 Å². The topological polar surface area (TPSA) is 27.3 Å². The molecule has 1 heterocycles. The first kappa shape index (κ1) is 16.0. The van der Waals surface area contributed by atoms with E-state index >= 15 is 0 Å². The maximum absolute atomic E-state index is 3.26. The highest BCUT2D eigenvalue weighted by molar-refractivity contribution is 5.41. The first-order chi connectivity index (χ1) is 11.3. The number of benzene rings is 2. The van der Waals surface area contributed by atoms with Crippen molar-refractivity contribution in [3.63, 3.8) is 0 Å². The summed E-state index contributed by atoms with van der Waals surface area (Å²) in [4.78, 5) is 2.57. The number of nitrogens with zero attached hydrogens (tertiary/aromatic N) is 1. The van der Waals surface area contributed by atoms with Crippen molar-refractivity contribution in [3.8, 4) is 0 Å². The molecule has 3 rings (SSSR count). The fourth-order valence-corrected chi connectivity index (χ4v) is 3.01. The van der Waals surface area contributed by atoms with E-state index in [1.165, 1.54) is 37.1 Å². The molecule has 3 heteroatoms. The highest BCUT2D eigenvalue weighted by Crippen LogP contribution is 2.18. The second-order valence-electron chi connectivity index (χ2n) is 6.62. The zero-order valence-electron chi connectivity index (χ0n) is 14.0. The third-order valence-electron chi connectivity index (χ3n) is 4.60. The average Bonchev–Trinajstić information content (AvgIpc) is 2.59. The molecule has 2 N–H and O–H groups in total. The number of hydrogen-bond donors (Lipinski definition) is 2. The highest BCUT2D eigenvalue weighted by atomic mass is 15.3. The molecule has 1 fully saturated rings. The Hall–Kier alpha value is -1.84. The van der Waals surface area contributed by atoms with Crippen molar-refractivity contribution in [1.29, 1.82) is 0 Å². The van der Waals surface area contributed by atoms with Crippen LogP contribution in [0.2, 0.25) is 0 Å². The van der Waals surface area contributed by atoms with Gasteiger partial charge < -0.3 is 5.43 Å². The number of rotatable bonds is 6. The second kappa shape index (κ2) is 8.14. The minimum atomic E-state index is 0.816. The smallest absolute Gasteiger partial charge is 0.0487 e. The van der Waals surface area contributed by atoms with Crippen LogP contribution in [-0.2, 0) is 13.1 Å². The van der Waals surface area contributed by atoms with Crippen molar-refractivity contribution in [3.05, 3.63) is 65.7 Å². The number of para-hydroxylation sites is 1. The summed E-state index contributed by atoms with van der Waals surface area (Å²) in [5.41, 5.74) is 10.3. The van der Waals surface area contributed by atoms with Crippen LogP contribution < -0.4 is 10.9 Å². The van der Waals surface area contributed by atoms with E-state index in [2.05, 4.69) is 59.1 Å². The van der Waals surface area contributed by atoms with Gasteiger partial charge in [-0.2, -0.15) is 0 Å². The van der Waals surface area contributed by atoms with Gasteiger partial charge in [-0.3, -0.25) is 4.90 Å². The number of hydrogen-bond acceptors (Lipinski definition) is 3. The van der Waals surface area contributed by atoms with Crippen LogP contribution in [-0.4, -0.2) is 18.0 Å². The van der Waals surface area contributed by atoms with E-state index in [1.807, 2.05) is 18.2 Å². The largest absolute Gasteiger partial charge is 0.321 e. The molecule has 0 atom stereocenters. The van der Waals surface area contributed by atoms with Gasteiger partial charge in [0.25, 0.3) is 0 Å². The van der Waals surface area contributed by atoms with E-state index < -0.39 is 0 Å². The third kappa shape index (κ3) is 5.08. The van der Waals surface area contributed by atoms with Gasteiger partial charge in [0.15, 0.2) is 0 Å². The molecule has 23 heavy (non-hydrogen) atoms. The number of anilines is 1. The molecule has 1 aliphatic heterocycles. The van der Waals surface area contributed by atoms with Crippen molar-refractivity contribution in [1.82, 2.24) is 10.3 Å². The van der Waals surface area contributed by atoms with E-state index in [0.717, 1.165) is 24.7 Å². The summed E-state index contributed by atoms with van der Waals surface area (Å²) in [6.07, 6.45) is 2.68. The molecule has 1 aliphatic rings. The SMILES string of the molecule is CC1CCN(Cc2ccc(CNNc3ccccc3)cc2)CC1. The van der Waals surface area contributed by atoms with Gasteiger partial charge in [-0.05, 0) is 55.1 Å². The zero-order valence-corrected chi connectivity index (χ0v) is 14.0. The van der Waals surface area contributed by atoms with E-state index in [0.29, 0.717) is 0 Å². The number of likely N-dealkylation sites (tertiary alicyclic amines) is 1. The Labute approximate surface area is 139 Å². The van der Waals surface area contributed by atoms with Crippen molar-refractivity contribution in [2.75, 3.05) is 18.5 Å². The van der Waals surface area contributed by atoms with Crippen molar-refractivity contribution in [2.24, 2.45) is 5.92 Å². The Bertz CT molecular complexity index is 572. The molecule has 0 bridgehead atoms. The first-order valence-corrected chi connectivity index (χ1v) is 8.64. The summed E-state index contributed by atoms with van der Waals surface area (Å²) in [5.74, 6) is 0.900. The predicted molar refractivity (Wildman–Crippen MR) is 97.0 cm³/mol. The molecule has 0 radical (unpaired) electrons. The van der Waals surface area contributed by atoms with Gasteiger partial charge in [0.2, 0.25) is 0 Å². The standard InChI is InChI=1S/C20H27N3/c1-17-11-13-23(14-12-17)16-19-9-7-18(8-10-19)15-21-22-20-5-3-2-4-6-20/h2-10,17,21-22H,11-16H2,1H3. The molecule has 0 aromatic heterocycles. The maximum Gasteiger partial charge on any atom is 0.0487 e. The summed E-state index contributed by atoms with van der Waals surface area (Å²) in [7, 11) is 0. The Morgan fingerprint density at radius 1 is 0.913 bits per heavy atom. The van der Waals surface area contributed by atoms with Gasteiger partial charge in [0.1, 0.15) is 0 Å². The van der Waals surface area contributed by atoms with Gasteiger partial charge in [0.05, 0.1) is 0 Å². The predicted octanol–water partition coefficient (Wildman–Crippen LogP) is 4.04. The van der Waals surface area contributed by atoms with Gasteiger partial charge in [-0.1, -0.05) is 49.4 Å². The zero-order chi connectivity index (χ0) is 15.9. The molecule has 0 unspecified atom stereocenters. The van der Waals surface area contributed by atoms with E-state index in [-0.39, 0.29) is 0 Å². The van der Waals surface area contributed by atoms with Crippen molar-refractivity contribution in [2.45, 2.75) is 32.9 Å². The lowest BCUT2D eigenvalue weighted by Crippen LogP contribution is -2.32. The van der Waals surface area contributed by atoms with Crippen LogP contribution in [0.1, 0.15) is 30.9 Å². The maximum atomic E-state index is 3.26. The van der Waals surface area contributed by atoms with Crippen LogP contribution in [0.3, 0.4) is 0 Å². The number of nitrogens with one attached hydrogen (secondary N) is 2. The Balaban J connectivity index is 1.43. The molecule has 2 aromatic carbocycles. The summed E-state index contributed by atoms with van der Waals surface area (Å²) in [5, 5.41) is 0. The molecular formula is C20H27N3. The Morgan fingerprint density at radius 3 is 2.26 bits per heavy atom. The lowest BCUT2D eigenvalue weighted by Gasteiger charge is -2.30. The van der Waals surface area contributed by atoms with Crippen molar-refractivity contribution < 1.29 is 0 Å². The lowest BCUT2D eigenvalue weighted by atomic mass is 9.99. The molecule has 122 valence electrons. The molecule has 1 saturated heterocycles. The fourth-order valence-electron chi connectivity index (χ4n) is 3.01. The Kier molecular flexibility index (Phi) is 5.67. The first-order valence-electron chi connectivity index (χ1n) is 8.64. The molecular weight excluding hydrogens is 282 g/mol. The molecule has 0 spiro atoms. The fraction of sp³-hybridized carbons (Fsp3) is 0.400. The van der Waals surface area contributed by atoms with Gasteiger partial charge in [-0.15, -0.1) is 0 Å². The number of hydrazine groups is 1. The molecule has 0 amide bonds.